The van der Waals surface area contributed by atoms with Crippen molar-refractivity contribution >= 4 is 5.78 Å². The van der Waals surface area contributed by atoms with Crippen molar-refractivity contribution in [1.82, 2.24) is 9.80 Å². The van der Waals surface area contributed by atoms with Crippen LogP contribution < -0.4 is 0 Å². The molecule has 0 N–H and O–H groups in total. The summed E-state index contributed by atoms with van der Waals surface area (Å²) in [6.07, 6.45) is 2.52. The maximum Gasteiger partial charge on any atom is 0.179 e. The molecule has 0 amide bonds. The van der Waals surface area contributed by atoms with Gasteiger partial charge in [-0.05, 0) is 40.4 Å². The normalized spacial score (nSPS) is 21.8. The average Bonchev–Trinajstić information content (AvgIpc) is 2.83. The first-order chi connectivity index (χ1) is 9.09. The van der Waals surface area contributed by atoms with Gasteiger partial charge in [-0.3, -0.25) is 9.69 Å². The van der Waals surface area contributed by atoms with Gasteiger partial charge >= 0.3 is 0 Å². The predicted octanol–water partition coefficient (Wildman–Crippen LogP) is 2.28. The van der Waals surface area contributed by atoms with Gasteiger partial charge in [0.15, 0.2) is 5.78 Å². The molecule has 0 spiro atoms. The number of benzene rings is 1. The Hall–Kier alpha value is -1.19. The number of carbonyl (C=O) groups is 1. The van der Waals surface area contributed by atoms with Crippen LogP contribution in [0.25, 0.3) is 0 Å². The van der Waals surface area contributed by atoms with Gasteiger partial charge in [0, 0.05) is 18.2 Å². The van der Waals surface area contributed by atoms with Crippen LogP contribution in [-0.2, 0) is 0 Å². The third kappa shape index (κ3) is 3.43. The van der Waals surface area contributed by atoms with E-state index in [9.17, 15) is 4.79 Å². The number of likely N-dealkylation sites (N-methyl/N-ethyl adjacent to an activating group) is 2. The highest BCUT2D eigenvalue weighted by molar-refractivity contribution is 5.99. The molecule has 1 aromatic rings. The van der Waals surface area contributed by atoms with Crippen molar-refractivity contribution in [3.05, 3.63) is 35.9 Å². The molecule has 0 aromatic heterocycles. The fourth-order valence-electron chi connectivity index (χ4n) is 2.74. The Labute approximate surface area is 116 Å². The van der Waals surface area contributed by atoms with Crippen LogP contribution in [0.1, 0.15) is 30.1 Å². The molecule has 0 radical (unpaired) electrons. The lowest BCUT2D eigenvalue weighted by Gasteiger charge is -2.29. The second kappa shape index (κ2) is 6.31. The molecule has 0 aliphatic carbocycles. The molecular weight excluding hydrogens is 236 g/mol. The number of ketones is 1. The van der Waals surface area contributed by atoms with Crippen LogP contribution in [-0.4, -0.2) is 54.9 Å². The maximum absolute atomic E-state index is 12.4. The van der Waals surface area contributed by atoms with Crippen molar-refractivity contribution in [3.63, 3.8) is 0 Å². The molecule has 3 nitrogen and oxygen atoms in total. The fourth-order valence-corrected chi connectivity index (χ4v) is 2.74. The van der Waals surface area contributed by atoms with Crippen LogP contribution in [0.4, 0.5) is 0 Å². The van der Waals surface area contributed by atoms with Crippen molar-refractivity contribution in [1.29, 1.82) is 0 Å². The zero-order valence-electron chi connectivity index (χ0n) is 12.2. The van der Waals surface area contributed by atoms with Crippen molar-refractivity contribution in [2.75, 3.05) is 27.2 Å². The Kier molecular flexibility index (Phi) is 4.72. The minimum Gasteiger partial charge on any atom is -0.302 e. The molecule has 1 aromatic carbocycles. The van der Waals surface area contributed by atoms with E-state index >= 15 is 0 Å². The molecule has 1 aliphatic heterocycles. The minimum atomic E-state index is -0.0589. The summed E-state index contributed by atoms with van der Waals surface area (Å²) in [5.74, 6) is 0.212. The number of likely N-dealkylation sites (tertiary alicyclic amines) is 1. The molecule has 0 bridgehead atoms. The van der Waals surface area contributed by atoms with Gasteiger partial charge in [-0.2, -0.15) is 0 Å². The lowest BCUT2D eigenvalue weighted by Crippen LogP contribution is -2.43. The molecule has 0 saturated carbocycles. The summed E-state index contributed by atoms with van der Waals surface area (Å²) in [4.78, 5) is 17.0. The molecule has 2 unspecified atom stereocenters. The van der Waals surface area contributed by atoms with Gasteiger partial charge in [0.2, 0.25) is 0 Å². The molecule has 104 valence electrons. The number of rotatable bonds is 5. The van der Waals surface area contributed by atoms with E-state index in [1.807, 2.05) is 37.3 Å². The standard InChI is InChI=1S/C16H24N2O/c1-13(16(19)14-8-5-4-6-9-14)18(3)12-15-10-7-11-17(15)2/h4-6,8-9,13,15H,7,10-12H2,1-3H3. The Morgan fingerprint density at radius 1 is 1.42 bits per heavy atom. The van der Waals surface area contributed by atoms with Crippen LogP contribution in [0.2, 0.25) is 0 Å². The molecule has 1 saturated heterocycles. The molecule has 19 heavy (non-hydrogen) atoms. The summed E-state index contributed by atoms with van der Waals surface area (Å²) in [7, 11) is 4.23. The second-order valence-corrected chi connectivity index (χ2v) is 5.62. The largest absolute Gasteiger partial charge is 0.302 e. The van der Waals surface area contributed by atoms with Gasteiger partial charge in [-0.1, -0.05) is 30.3 Å². The van der Waals surface area contributed by atoms with Crippen LogP contribution >= 0.6 is 0 Å². The third-order valence-corrected chi connectivity index (χ3v) is 4.27. The monoisotopic (exact) mass is 260 g/mol. The van der Waals surface area contributed by atoms with Crippen LogP contribution in [0.15, 0.2) is 30.3 Å². The molecule has 3 heteroatoms. The molecule has 2 rings (SSSR count). The Morgan fingerprint density at radius 2 is 2.11 bits per heavy atom. The van der Waals surface area contributed by atoms with E-state index in [0.29, 0.717) is 6.04 Å². The van der Waals surface area contributed by atoms with E-state index in [0.717, 1.165) is 12.1 Å². The highest BCUT2D eigenvalue weighted by Crippen LogP contribution is 2.17. The van der Waals surface area contributed by atoms with E-state index in [4.69, 9.17) is 0 Å². The predicted molar refractivity (Wildman–Crippen MR) is 78.5 cm³/mol. The lowest BCUT2D eigenvalue weighted by atomic mass is 10.0. The minimum absolute atomic E-state index is 0.0589. The van der Waals surface area contributed by atoms with E-state index in [1.54, 1.807) is 0 Å². The summed E-state index contributed by atoms with van der Waals surface area (Å²) >= 11 is 0. The van der Waals surface area contributed by atoms with E-state index < -0.39 is 0 Å². The average molecular weight is 260 g/mol. The number of nitrogens with zero attached hydrogens (tertiary/aromatic N) is 2. The first-order valence-electron chi connectivity index (χ1n) is 7.09. The lowest BCUT2D eigenvalue weighted by molar-refractivity contribution is 0.0842. The number of carbonyl (C=O) groups excluding carboxylic acids is 1. The van der Waals surface area contributed by atoms with Gasteiger partial charge < -0.3 is 4.90 Å². The fraction of sp³-hybridized carbons (Fsp3) is 0.562. The third-order valence-electron chi connectivity index (χ3n) is 4.27. The maximum atomic E-state index is 12.4. The number of hydrogen-bond acceptors (Lipinski definition) is 3. The SMILES string of the molecule is CC(C(=O)c1ccccc1)N(C)CC1CCCN1C. The number of hydrogen-bond donors (Lipinski definition) is 0. The van der Waals surface area contributed by atoms with Gasteiger partial charge in [-0.25, -0.2) is 0 Å². The summed E-state index contributed by atoms with van der Waals surface area (Å²) in [5, 5.41) is 0. The van der Waals surface area contributed by atoms with Crippen LogP contribution in [0.5, 0.6) is 0 Å². The van der Waals surface area contributed by atoms with E-state index in [1.165, 1.54) is 19.4 Å². The first-order valence-corrected chi connectivity index (χ1v) is 7.09. The van der Waals surface area contributed by atoms with Crippen molar-refractivity contribution in [3.8, 4) is 0 Å². The van der Waals surface area contributed by atoms with Crippen molar-refractivity contribution < 1.29 is 4.79 Å². The highest BCUT2D eigenvalue weighted by Gasteiger charge is 2.26. The van der Waals surface area contributed by atoms with Crippen LogP contribution in [0.3, 0.4) is 0 Å². The molecule has 1 aliphatic rings. The zero-order chi connectivity index (χ0) is 13.8. The summed E-state index contributed by atoms with van der Waals surface area (Å²) < 4.78 is 0. The quantitative estimate of drug-likeness (QED) is 0.759. The summed E-state index contributed by atoms with van der Waals surface area (Å²) in [5.41, 5.74) is 0.807. The van der Waals surface area contributed by atoms with Gasteiger partial charge in [0.05, 0.1) is 6.04 Å². The highest BCUT2D eigenvalue weighted by atomic mass is 16.1. The first kappa shape index (κ1) is 14.2. The van der Waals surface area contributed by atoms with Gasteiger partial charge in [0.25, 0.3) is 0 Å². The van der Waals surface area contributed by atoms with Gasteiger partial charge in [0.1, 0.15) is 0 Å². The Bertz CT molecular complexity index is 418. The zero-order valence-corrected chi connectivity index (χ0v) is 12.2. The van der Waals surface area contributed by atoms with Gasteiger partial charge in [-0.15, -0.1) is 0 Å². The summed E-state index contributed by atoms with van der Waals surface area (Å²) in [6, 6.07) is 10.1. The Morgan fingerprint density at radius 3 is 2.68 bits per heavy atom. The molecular formula is C16H24N2O. The molecule has 2 atom stereocenters. The Balaban J connectivity index is 1.95. The van der Waals surface area contributed by atoms with E-state index in [2.05, 4.69) is 23.9 Å². The van der Waals surface area contributed by atoms with Crippen molar-refractivity contribution in [2.24, 2.45) is 0 Å². The van der Waals surface area contributed by atoms with Crippen LogP contribution in [0, 0.1) is 0 Å². The number of Topliss-reactive ketones (excluding diaryl/α,β-unsaturated/α-hetero) is 1. The smallest absolute Gasteiger partial charge is 0.179 e. The second-order valence-electron chi connectivity index (χ2n) is 5.62. The molecule has 1 fully saturated rings. The van der Waals surface area contributed by atoms with Crippen molar-refractivity contribution in [2.45, 2.75) is 31.8 Å². The van der Waals surface area contributed by atoms with E-state index in [-0.39, 0.29) is 11.8 Å². The summed E-state index contributed by atoms with van der Waals surface area (Å²) in [6.45, 7) is 4.15. The molecule has 1 heterocycles. The topological polar surface area (TPSA) is 23.6 Å².